The lowest BCUT2D eigenvalue weighted by molar-refractivity contribution is -0.220. The van der Waals surface area contributed by atoms with E-state index >= 15 is 0 Å². The van der Waals surface area contributed by atoms with E-state index in [1.165, 1.54) is 19.3 Å². The summed E-state index contributed by atoms with van der Waals surface area (Å²) in [5.41, 5.74) is 0. The minimum Gasteiger partial charge on any atom is -0.462 e. The maximum atomic E-state index is 12.8. The zero-order chi connectivity index (χ0) is 46.7. The fraction of sp³-hybridized carbons (Fsp3) is 0.702. The summed E-state index contributed by atoms with van der Waals surface area (Å²) in [6.45, 7) is 2.88. The highest BCUT2D eigenvalue weighted by Crippen LogP contribution is 2.47. The van der Waals surface area contributed by atoms with Crippen LogP contribution in [0.25, 0.3) is 0 Å². The van der Waals surface area contributed by atoms with Crippen molar-refractivity contribution in [3.05, 3.63) is 72.9 Å². The predicted octanol–water partition coefficient (Wildman–Crippen LogP) is 6.66. The number of phosphoric acid groups is 1. The van der Waals surface area contributed by atoms with Gasteiger partial charge in [-0.15, -0.1) is 0 Å². The first-order valence-electron chi connectivity index (χ1n) is 22.9. The van der Waals surface area contributed by atoms with E-state index in [4.69, 9.17) is 18.5 Å². The summed E-state index contributed by atoms with van der Waals surface area (Å²) < 4.78 is 33.3. The van der Waals surface area contributed by atoms with Crippen molar-refractivity contribution in [3.8, 4) is 0 Å². The van der Waals surface area contributed by atoms with Crippen molar-refractivity contribution in [1.29, 1.82) is 0 Å². The number of hydrogen-bond acceptors (Lipinski definition) is 14. The van der Waals surface area contributed by atoms with Crippen LogP contribution in [-0.4, -0.2) is 121 Å². The predicted molar refractivity (Wildman–Crippen MR) is 242 cm³/mol. The molecule has 16 heteroatoms. The summed E-state index contributed by atoms with van der Waals surface area (Å²) in [4.78, 5) is 35.7. The van der Waals surface area contributed by atoms with Crippen LogP contribution >= 0.6 is 7.82 Å². The number of aliphatic hydroxyl groups is 7. The number of hydrogen-bond donors (Lipinski definition) is 8. The third kappa shape index (κ3) is 28.7. The molecule has 0 heterocycles. The van der Waals surface area contributed by atoms with Crippen LogP contribution in [-0.2, 0) is 32.7 Å². The van der Waals surface area contributed by atoms with Crippen molar-refractivity contribution in [3.63, 3.8) is 0 Å². The van der Waals surface area contributed by atoms with Crippen LogP contribution in [0, 0.1) is 0 Å². The highest BCUT2D eigenvalue weighted by molar-refractivity contribution is 7.47. The monoisotopic (exact) mass is 915 g/mol. The normalized spacial score (nSPS) is 23.4. The van der Waals surface area contributed by atoms with Gasteiger partial charge in [-0.3, -0.25) is 18.6 Å². The van der Waals surface area contributed by atoms with Gasteiger partial charge in [-0.05, 0) is 83.5 Å². The Morgan fingerprint density at radius 3 is 1.65 bits per heavy atom. The van der Waals surface area contributed by atoms with Crippen LogP contribution in [0.15, 0.2) is 72.9 Å². The van der Waals surface area contributed by atoms with Gasteiger partial charge < -0.3 is 50.1 Å². The Bertz CT molecular complexity index is 1410. The number of phosphoric ester groups is 1. The van der Waals surface area contributed by atoms with Crippen LogP contribution in [0.5, 0.6) is 0 Å². The number of ether oxygens (including phenoxy) is 2. The Labute approximate surface area is 375 Å². The molecule has 10 atom stereocenters. The topological polar surface area (TPSA) is 250 Å². The number of esters is 2. The maximum Gasteiger partial charge on any atom is 0.472 e. The van der Waals surface area contributed by atoms with E-state index in [2.05, 4.69) is 62.5 Å². The summed E-state index contributed by atoms with van der Waals surface area (Å²) >= 11 is 0. The number of unbranched alkanes of at least 4 members (excludes halogenated alkanes) is 8. The molecular weight excluding hydrogens is 835 g/mol. The van der Waals surface area contributed by atoms with E-state index in [-0.39, 0.29) is 32.1 Å². The van der Waals surface area contributed by atoms with Gasteiger partial charge in [0.25, 0.3) is 0 Å². The first-order chi connectivity index (χ1) is 30.2. The molecular formula is C47H79O15P. The summed E-state index contributed by atoms with van der Waals surface area (Å²) in [6.07, 6.45) is 23.9. The molecule has 362 valence electrons. The highest BCUT2D eigenvalue weighted by atomic mass is 31.2. The molecule has 1 saturated carbocycles. The molecule has 63 heavy (non-hydrogen) atoms. The molecule has 0 saturated heterocycles. The first kappa shape index (κ1) is 58.2. The van der Waals surface area contributed by atoms with Crippen LogP contribution in [0.4, 0.5) is 0 Å². The summed E-state index contributed by atoms with van der Waals surface area (Å²) in [7, 11) is -5.21. The van der Waals surface area contributed by atoms with Gasteiger partial charge in [-0.2, -0.15) is 0 Å². The van der Waals surface area contributed by atoms with Gasteiger partial charge in [0.15, 0.2) is 6.10 Å². The second-order valence-corrected chi connectivity index (χ2v) is 17.2. The SMILES string of the molecule is CC/C=C\C/C=C\C/C=C\C/C=C\C[C@@H](O)[C@H](O)CCCC(=O)O[C@H](COC(=O)CCCCCCC/C=C\C/C=C\CCCCC)COP(=O)(O)OC1[C@H](O)[C@H](O)C(O)[C@H](O)[C@H]1O. The summed E-state index contributed by atoms with van der Waals surface area (Å²) in [5, 5.41) is 70.9. The molecule has 0 amide bonds. The molecule has 3 unspecified atom stereocenters. The quantitative estimate of drug-likeness (QED) is 0.0142. The van der Waals surface area contributed by atoms with Gasteiger partial charge >= 0.3 is 19.8 Å². The fourth-order valence-electron chi connectivity index (χ4n) is 6.40. The van der Waals surface area contributed by atoms with E-state index in [0.29, 0.717) is 12.8 Å². The number of rotatable bonds is 36. The largest absolute Gasteiger partial charge is 0.472 e. The Hall–Kier alpha value is -2.79. The van der Waals surface area contributed by atoms with Gasteiger partial charge in [-0.25, -0.2) is 4.57 Å². The van der Waals surface area contributed by atoms with Gasteiger partial charge in [0, 0.05) is 12.8 Å². The zero-order valence-electron chi connectivity index (χ0n) is 37.6. The molecule has 1 rings (SSSR count). The summed E-state index contributed by atoms with van der Waals surface area (Å²) in [5.74, 6) is -1.41. The van der Waals surface area contributed by atoms with Crippen molar-refractivity contribution < 1.29 is 73.3 Å². The zero-order valence-corrected chi connectivity index (χ0v) is 38.5. The van der Waals surface area contributed by atoms with Crippen LogP contribution < -0.4 is 0 Å². The molecule has 0 radical (unpaired) electrons. The van der Waals surface area contributed by atoms with E-state index in [0.717, 1.165) is 64.2 Å². The fourth-order valence-corrected chi connectivity index (χ4v) is 7.38. The Balaban J connectivity index is 2.60. The van der Waals surface area contributed by atoms with E-state index in [1.807, 2.05) is 18.2 Å². The average Bonchev–Trinajstić information content (AvgIpc) is 3.26. The first-order valence-corrected chi connectivity index (χ1v) is 24.4. The lowest BCUT2D eigenvalue weighted by Crippen LogP contribution is -2.64. The number of carbonyl (C=O) groups excluding carboxylic acids is 2. The Morgan fingerprint density at radius 1 is 0.571 bits per heavy atom. The van der Waals surface area contributed by atoms with Crippen molar-refractivity contribution in [2.24, 2.45) is 0 Å². The maximum absolute atomic E-state index is 12.8. The minimum atomic E-state index is -5.21. The molecule has 15 nitrogen and oxygen atoms in total. The number of carbonyl (C=O) groups is 2. The molecule has 0 bridgehead atoms. The van der Waals surface area contributed by atoms with Gasteiger partial charge in [-0.1, -0.05) is 119 Å². The molecule has 0 aromatic heterocycles. The standard InChI is InChI=1S/C47H79O15P/c1-3-5-7-9-11-13-15-17-18-19-21-23-25-27-29-33-40(50)59-35-37(36-60-63(57,58)62-47-45(55)43(53)42(52)44(54)46(47)56)61-41(51)34-30-32-39(49)38(48)31-28-26-24-22-20-16-14-12-10-8-6-4-2/h6,8,11-14,17-18,20,22,26,28,37-39,42-49,52-56H,3-5,7,9-10,15-16,19,21,23-25,27,29-36H2,1-2H3,(H,57,58)/b8-6-,13-11-,14-12-,18-17-,22-20-,28-26-/t37-,38-,39-,42?,43-,44+,45-,46-,47?/m1/s1. The third-order valence-electron chi connectivity index (χ3n) is 10.2. The van der Waals surface area contributed by atoms with Crippen molar-refractivity contribution >= 4 is 19.8 Å². The molecule has 1 aliphatic rings. The molecule has 0 aromatic rings. The molecule has 1 aliphatic carbocycles. The smallest absolute Gasteiger partial charge is 0.462 e. The van der Waals surface area contributed by atoms with Crippen LogP contribution in [0.1, 0.15) is 142 Å². The van der Waals surface area contributed by atoms with Crippen molar-refractivity contribution in [1.82, 2.24) is 0 Å². The van der Waals surface area contributed by atoms with E-state index in [1.54, 1.807) is 6.08 Å². The highest BCUT2D eigenvalue weighted by Gasteiger charge is 2.51. The molecule has 1 fully saturated rings. The van der Waals surface area contributed by atoms with Crippen LogP contribution in [0.3, 0.4) is 0 Å². The van der Waals surface area contributed by atoms with Crippen LogP contribution in [0.2, 0.25) is 0 Å². The average molecular weight is 915 g/mol. The number of allylic oxidation sites excluding steroid dienone is 11. The number of aliphatic hydroxyl groups excluding tert-OH is 7. The molecule has 0 aliphatic heterocycles. The molecule has 0 spiro atoms. The minimum absolute atomic E-state index is 0.0611. The van der Waals surface area contributed by atoms with Gasteiger partial charge in [0.05, 0.1) is 18.8 Å². The second-order valence-electron chi connectivity index (χ2n) is 15.8. The van der Waals surface area contributed by atoms with Crippen molar-refractivity contribution in [2.75, 3.05) is 13.2 Å². The Kier molecular flexibility index (Phi) is 33.7. The molecule has 8 N–H and O–H groups in total. The van der Waals surface area contributed by atoms with Crippen molar-refractivity contribution in [2.45, 2.75) is 197 Å². The van der Waals surface area contributed by atoms with Gasteiger partial charge in [0.2, 0.25) is 0 Å². The lowest BCUT2D eigenvalue weighted by Gasteiger charge is -2.41. The second kappa shape index (κ2) is 36.4. The van der Waals surface area contributed by atoms with Gasteiger partial charge in [0.1, 0.15) is 43.2 Å². The summed E-state index contributed by atoms with van der Waals surface area (Å²) in [6, 6.07) is 0. The lowest BCUT2D eigenvalue weighted by atomic mass is 9.85. The third-order valence-corrected chi connectivity index (χ3v) is 11.2. The Morgan fingerprint density at radius 2 is 1.06 bits per heavy atom. The molecule has 0 aromatic carbocycles. The van der Waals surface area contributed by atoms with E-state index in [9.17, 15) is 54.8 Å². The van der Waals surface area contributed by atoms with E-state index < -0.39 is 87.9 Å².